The molecule has 1 heterocycles. The molecule has 0 aromatic heterocycles. The predicted molar refractivity (Wildman–Crippen MR) is 82.4 cm³/mol. The number of carbonyl (C=O) groups excluding carboxylic acids is 1. The molecule has 0 aromatic carbocycles. The van der Waals surface area contributed by atoms with Crippen LogP contribution in [0, 0.1) is 11.8 Å². The van der Waals surface area contributed by atoms with Crippen molar-refractivity contribution in [3.63, 3.8) is 0 Å². The van der Waals surface area contributed by atoms with E-state index in [0.29, 0.717) is 11.8 Å². The van der Waals surface area contributed by atoms with Crippen LogP contribution in [0.2, 0.25) is 0 Å². The summed E-state index contributed by atoms with van der Waals surface area (Å²) in [5.41, 5.74) is 5.61. The topological polar surface area (TPSA) is 58.4 Å². The van der Waals surface area contributed by atoms with Crippen molar-refractivity contribution in [2.45, 2.75) is 57.9 Å². The number of nitrogens with zero attached hydrogens (tertiary/aromatic N) is 1. The van der Waals surface area contributed by atoms with Gasteiger partial charge >= 0.3 is 0 Å². The first-order valence-corrected chi connectivity index (χ1v) is 8.29. The maximum Gasteiger partial charge on any atom is 0.240 e. The van der Waals surface area contributed by atoms with Crippen LogP contribution in [-0.2, 0) is 4.79 Å². The van der Waals surface area contributed by atoms with Gasteiger partial charge in [0.25, 0.3) is 0 Å². The molecule has 1 saturated heterocycles. The van der Waals surface area contributed by atoms with Crippen molar-refractivity contribution in [2.24, 2.45) is 17.6 Å². The van der Waals surface area contributed by atoms with E-state index in [1.165, 1.54) is 25.9 Å². The minimum atomic E-state index is -0.577. The Kier molecular flexibility index (Phi) is 5.44. The van der Waals surface area contributed by atoms with Gasteiger partial charge in [0.1, 0.15) is 0 Å². The van der Waals surface area contributed by atoms with Crippen molar-refractivity contribution in [3.05, 3.63) is 0 Å². The zero-order chi connectivity index (χ0) is 14.6. The summed E-state index contributed by atoms with van der Waals surface area (Å²) in [6.07, 6.45) is 6.37. The van der Waals surface area contributed by atoms with Gasteiger partial charge in [0, 0.05) is 19.6 Å². The lowest BCUT2D eigenvalue weighted by Crippen LogP contribution is -2.53. The van der Waals surface area contributed by atoms with Crippen molar-refractivity contribution < 1.29 is 4.79 Å². The zero-order valence-corrected chi connectivity index (χ0v) is 13.2. The van der Waals surface area contributed by atoms with E-state index in [9.17, 15) is 4.79 Å². The molecule has 1 aliphatic carbocycles. The normalized spacial score (nSPS) is 26.9. The first kappa shape index (κ1) is 15.8. The molecule has 0 unspecified atom stereocenters. The second-order valence-corrected chi connectivity index (χ2v) is 7.23. The molecule has 1 atom stereocenters. The van der Waals surface area contributed by atoms with E-state index in [1.54, 1.807) is 0 Å². The Hall–Kier alpha value is -0.610. The number of hydrogen-bond acceptors (Lipinski definition) is 3. The van der Waals surface area contributed by atoms with Crippen molar-refractivity contribution in [1.29, 1.82) is 0 Å². The van der Waals surface area contributed by atoms with Gasteiger partial charge in [-0.3, -0.25) is 4.79 Å². The van der Waals surface area contributed by atoms with Crippen LogP contribution in [-0.4, -0.2) is 42.5 Å². The lowest BCUT2D eigenvalue weighted by Gasteiger charge is -2.34. The molecule has 2 rings (SSSR count). The monoisotopic (exact) mass is 281 g/mol. The van der Waals surface area contributed by atoms with Gasteiger partial charge in [-0.2, -0.15) is 0 Å². The van der Waals surface area contributed by atoms with Crippen molar-refractivity contribution in [1.82, 2.24) is 10.2 Å². The lowest BCUT2D eigenvalue weighted by molar-refractivity contribution is -0.126. The zero-order valence-electron chi connectivity index (χ0n) is 13.2. The number of amides is 1. The number of nitrogens with one attached hydrogen (secondary N) is 1. The summed E-state index contributed by atoms with van der Waals surface area (Å²) in [6, 6.07) is 0. The van der Waals surface area contributed by atoms with Crippen molar-refractivity contribution in [2.75, 3.05) is 26.2 Å². The fraction of sp³-hybridized carbons (Fsp3) is 0.938. The summed E-state index contributed by atoms with van der Waals surface area (Å²) in [7, 11) is 0. The average molecular weight is 281 g/mol. The van der Waals surface area contributed by atoms with Crippen LogP contribution in [0.4, 0.5) is 0 Å². The number of piperidine rings is 1. The Morgan fingerprint density at radius 3 is 2.70 bits per heavy atom. The third-order valence-corrected chi connectivity index (χ3v) is 4.73. The third-order valence-electron chi connectivity index (χ3n) is 4.73. The second kappa shape index (κ2) is 6.90. The van der Waals surface area contributed by atoms with E-state index >= 15 is 0 Å². The SMILES string of the molecule is CC(C)CN1CCC[C@H](CNC(=O)C2(N)CCCC2)C1. The number of nitrogens with two attached hydrogens (primary N) is 1. The van der Waals surface area contributed by atoms with Gasteiger partial charge in [-0.1, -0.05) is 26.7 Å². The third kappa shape index (κ3) is 4.19. The fourth-order valence-corrected chi connectivity index (χ4v) is 3.65. The first-order chi connectivity index (χ1) is 9.49. The molecule has 116 valence electrons. The highest BCUT2D eigenvalue weighted by Gasteiger charge is 2.37. The molecule has 0 radical (unpaired) electrons. The summed E-state index contributed by atoms with van der Waals surface area (Å²) < 4.78 is 0. The van der Waals surface area contributed by atoms with Gasteiger partial charge in [-0.25, -0.2) is 0 Å². The quantitative estimate of drug-likeness (QED) is 0.807. The Morgan fingerprint density at radius 1 is 1.35 bits per heavy atom. The van der Waals surface area contributed by atoms with Gasteiger partial charge < -0.3 is 16.0 Å². The largest absolute Gasteiger partial charge is 0.354 e. The van der Waals surface area contributed by atoms with Crippen LogP contribution in [0.5, 0.6) is 0 Å². The van der Waals surface area contributed by atoms with E-state index in [2.05, 4.69) is 24.1 Å². The molecule has 0 bridgehead atoms. The second-order valence-electron chi connectivity index (χ2n) is 7.23. The number of hydrogen-bond donors (Lipinski definition) is 2. The van der Waals surface area contributed by atoms with Crippen molar-refractivity contribution in [3.8, 4) is 0 Å². The smallest absolute Gasteiger partial charge is 0.240 e. The molecule has 4 nitrogen and oxygen atoms in total. The van der Waals surface area contributed by atoms with Gasteiger partial charge in [0.2, 0.25) is 5.91 Å². The number of likely N-dealkylation sites (tertiary alicyclic amines) is 1. The Bertz CT molecular complexity index is 324. The molecular weight excluding hydrogens is 250 g/mol. The summed E-state index contributed by atoms with van der Waals surface area (Å²) >= 11 is 0. The van der Waals surface area contributed by atoms with E-state index in [-0.39, 0.29) is 5.91 Å². The highest BCUT2D eigenvalue weighted by Crippen LogP contribution is 2.27. The maximum absolute atomic E-state index is 12.2. The maximum atomic E-state index is 12.2. The summed E-state index contributed by atoms with van der Waals surface area (Å²) in [5, 5.41) is 3.12. The minimum absolute atomic E-state index is 0.0796. The summed E-state index contributed by atoms with van der Waals surface area (Å²) in [5.74, 6) is 1.39. The van der Waals surface area contributed by atoms with E-state index in [0.717, 1.165) is 38.8 Å². The Morgan fingerprint density at radius 2 is 2.05 bits per heavy atom. The molecule has 2 aliphatic rings. The van der Waals surface area contributed by atoms with E-state index in [4.69, 9.17) is 5.73 Å². The molecule has 1 aliphatic heterocycles. The van der Waals surface area contributed by atoms with E-state index in [1.807, 2.05) is 0 Å². The van der Waals surface area contributed by atoms with Crippen LogP contribution >= 0.6 is 0 Å². The first-order valence-electron chi connectivity index (χ1n) is 8.29. The van der Waals surface area contributed by atoms with Crippen LogP contribution < -0.4 is 11.1 Å². The highest BCUT2D eigenvalue weighted by molar-refractivity contribution is 5.86. The fourth-order valence-electron chi connectivity index (χ4n) is 3.65. The van der Waals surface area contributed by atoms with Crippen molar-refractivity contribution >= 4 is 5.91 Å². The molecule has 4 heteroatoms. The van der Waals surface area contributed by atoms with Crippen LogP contribution in [0.15, 0.2) is 0 Å². The molecule has 0 aromatic rings. The molecule has 1 saturated carbocycles. The van der Waals surface area contributed by atoms with Gasteiger partial charge in [0.05, 0.1) is 5.54 Å². The molecular formula is C16H31N3O. The molecule has 0 spiro atoms. The molecule has 2 fully saturated rings. The summed E-state index contributed by atoms with van der Waals surface area (Å²) in [4.78, 5) is 14.8. The number of carbonyl (C=O) groups is 1. The Balaban J connectivity index is 1.74. The number of rotatable bonds is 5. The molecule has 1 amide bonds. The van der Waals surface area contributed by atoms with Gasteiger partial charge in [0.15, 0.2) is 0 Å². The standard InChI is InChI=1S/C16H31N3O/c1-13(2)11-19-9-5-6-14(12-19)10-18-15(20)16(17)7-3-4-8-16/h13-14H,3-12,17H2,1-2H3,(H,18,20)/t14-/m1/s1. The summed E-state index contributed by atoms with van der Waals surface area (Å²) in [6.45, 7) is 8.84. The van der Waals surface area contributed by atoms with Gasteiger partial charge in [-0.05, 0) is 44.1 Å². The average Bonchev–Trinajstić information content (AvgIpc) is 2.84. The van der Waals surface area contributed by atoms with Crippen LogP contribution in [0.3, 0.4) is 0 Å². The van der Waals surface area contributed by atoms with Gasteiger partial charge in [-0.15, -0.1) is 0 Å². The molecule has 20 heavy (non-hydrogen) atoms. The van der Waals surface area contributed by atoms with Crippen LogP contribution in [0.25, 0.3) is 0 Å². The highest BCUT2D eigenvalue weighted by atomic mass is 16.2. The Labute approximate surface area is 123 Å². The molecule has 3 N–H and O–H groups in total. The van der Waals surface area contributed by atoms with E-state index < -0.39 is 5.54 Å². The predicted octanol–water partition coefficient (Wildman–Crippen LogP) is 1.74. The lowest BCUT2D eigenvalue weighted by atomic mass is 9.95. The minimum Gasteiger partial charge on any atom is -0.354 e. The van der Waals surface area contributed by atoms with Crippen LogP contribution in [0.1, 0.15) is 52.4 Å².